The first-order chi connectivity index (χ1) is 29.2. The maximum Gasteiger partial charge on any atom is 0.318 e. The summed E-state index contributed by atoms with van der Waals surface area (Å²) in [5.74, 6) is 0.0538. The summed E-state index contributed by atoms with van der Waals surface area (Å²) in [7, 11) is 0. The fraction of sp³-hybridized carbons (Fsp3) is 0.510. The Kier molecular flexibility index (Phi) is 11.8. The zero-order valence-corrected chi connectivity index (χ0v) is 35.6. The molecule has 1 atom stereocenters. The van der Waals surface area contributed by atoms with Crippen LogP contribution >= 0.6 is 0 Å². The van der Waals surface area contributed by atoms with Crippen LogP contribution in [0.1, 0.15) is 86.5 Å². The number of hydrogen-bond donors (Lipinski definition) is 2. The van der Waals surface area contributed by atoms with Crippen LogP contribution < -0.4 is 10.9 Å². The van der Waals surface area contributed by atoms with Crippen molar-refractivity contribution in [3.63, 3.8) is 0 Å². The molecule has 1 aliphatic carbocycles. The predicted molar refractivity (Wildman–Crippen MR) is 238 cm³/mol. The van der Waals surface area contributed by atoms with Crippen LogP contribution in [0.3, 0.4) is 0 Å². The van der Waals surface area contributed by atoms with E-state index in [2.05, 4.69) is 87.3 Å². The lowest BCUT2D eigenvalue weighted by Crippen LogP contribution is -2.59. The topological polar surface area (TPSA) is 110 Å². The third-order valence-electron chi connectivity index (χ3n) is 14.5. The van der Waals surface area contributed by atoms with Gasteiger partial charge < -0.3 is 25.0 Å². The molecular formula is C49H62N8O3. The lowest BCUT2D eigenvalue weighted by atomic mass is 9.79. The van der Waals surface area contributed by atoms with E-state index in [-0.39, 0.29) is 28.8 Å². The van der Waals surface area contributed by atoms with E-state index in [1.54, 1.807) is 0 Å². The molecule has 0 spiro atoms. The number of aryl methyl sites for hydroxylation is 1. The molecule has 0 bridgehead atoms. The number of amides is 3. The number of nitrogens with zero attached hydrogens (tertiary/aromatic N) is 6. The van der Waals surface area contributed by atoms with Crippen LogP contribution in [0.4, 0.5) is 4.79 Å². The zero-order chi connectivity index (χ0) is 41.2. The summed E-state index contributed by atoms with van der Waals surface area (Å²) < 4.78 is 2.14. The van der Waals surface area contributed by atoms with Crippen LogP contribution in [0.2, 0.25) is 0 Å². The molecule has 9 rings (SSSR count). The number of aromatic amines is 1. The Morgan fingerprint density at radius 3 is 2.28 bits per heavy atom. The van der Waals surface area contributed by atoms with E-state index in [1.165, 1.54) is 31.2 Å². The van der Waals surface area contributed by atoms with E-state index in [9.17, 15) is 14.4 Å². The third kappa shape index (κ3) is 8.48. The maximum absolute atomic E-state index is 14.6. The summed E-state index contributed by atoms with van der Waals surface area (Å²) in [6.07, 6.45) is 11.1. The summed E-state index contributed by atoms with van der Waals surface area (Å²) in [6.45, 7) is 12.7. The van der Waals surface area contributed by atoms with Crippen molar-refractivity contribution in [1.82, 2.24) is 39.7 Å². The number of benzene rings is 3. The Balaban J connectivity index is 0.914. The van der Waals surface area contributed by atoms with Gasteiger partial charge in [-0.25, -0.2) is 4.79 Å². The minimum atomic E-state index is -0.704. The second kappa shape index (κ2) is 17.5. The molecule has 11 heteroatoms. The molecule has 60 heavy (non-hydrogen) atoms. The Labute approximate surface area is 354 Å². The normalized spacial score (nSPS) is 20.2. The van der Waals surface area contributed by atoms with Crippen LogP contribution in [0.5, 0.6) is 0 Å². The largest absolute Gasteiger partial charge is 0.338 e. The molecule has 11 nitrogen and oxygen atoms in total. The molecule has 0 unspecified atom stereocenters. The fourth-order valence-corrected chi connectivity index (χ4v) is 11.0. The SMILES string of the molecule is CCN1CCC(N2CCN(C(=O)[C@@H](Cc3cc(C)c4nn(CC5(c6ccccc6)CCCC5)cc4c3)NC(=O)N3CCC(c4cc5ccccc5[nH]c4=O)CC3)CC2)CC1. The van der Waals surface area contributed by atoms with Crippen molar-refractivity contribution in [2.75, 3.05) is 58.9 Å². The Hall–Kier alpha value is -5.00. The molecule has 5 aromatic rings. The number of aromatic nitrogens is 3. The standard InChI is InChI=1S/C49H62N8O3/c1-3-53-21-17-41(18-22-53)54-25-27-55(28-26-54)47(59)44(51-48(60)56-23-15-37(16-24-56)42-32-38-11-7-8-14-43(38)50-46(42)58)31-36-29-35(2)45-39(30-36)33-57(52-45)34-49(19-9-10-20-49)40-12-5-4-6-13-40/h4-8,11-14,29-30,32-33,37,41,44H,3,9-10,15-28,31,34H2,1-2H3,(H,50,58)(H,51,60)/t44-/m1/s1. The monoisotopic (exact) mass is 810 g/mol. The number of nitrogens with one attached hydrogen (secondary N) is 2. The fourth-order valence-electron chi connectivity index (χ4n) is 11.0. The summed E-state index contributed by atoms with van der Waals surface area (Å²) in [4.78, 5) is 53.8. The predicted octanol–water partition coefficient (Wildman–Crippen LogP) is 6.83. The van der Waals surface area contributed by atoms with Crippen molar-refractivity contribution in [1.29, 1.82) is 0 Å². The first-order valence-corrected chi connectivity index (χ1v) is 22.7. The number of likely N-dealkylation sites (tertiary alicyclic amines) is 2. The molecule has 3 saturated heterocycles. The minimum Gasteiger partial charge on any atom is -0.338 e. The highest BCUT2D eigenvalue weighted by Gasteiger charge is 2.37. The molecule has 1 saturated carbocycles. The highest BCUT2D eigenvalue weighted by Crippen LogP contribution is 2.42. The van der Waals surface area contributed by atoms with Gasteiger partial charge in [-0.05, 0) is 111 Å². The number of piperazine rings is 1. The lowest BCUT2D eigenvalue weighted by Gasteiger charge is -2.43. The molecule has 2 N–H and O–H groups in total. The van der Waals surface area contributed by atoms with Gasteiger partial charge in [0.1, 0.15) is 6.04 Å². The number of carbonyl (C=O) groups excluding carboxylic acids is 2. The van der Waals surface area contributed by atoms with Crippen LogP contribution in [0.15, 0.2) is 83.8 Å². The lowest BCUT2D eigenvalue weighted by molar-refractivity contribution is -0.135. The van der Waals surface area contributed by atoms with E-state index in [1.807, 2.05) is 40.1 Å². The Bertz CT molecular complexity index is 2340. The summed E-state index contributed by atoms with van der Waals surface area (Å²) in [6, 6.07) is 24.8. The van der Waals surface area contributed by atoms with Gasteiger partial charge in [0.15, 0.2) is 0 Å². The number of carbonyl (C=O) groups is 2. The molecule has 4 fully saturated rings. The number of pyridine rings is 1. The average Bonchev–Trinajstić information content (AvgIpc) is 3.94. The van der Waals surface area contributed by atoms with E-state index in [0.717, 1.165) is 90.6 Å². The summed E-state index contributed by atoms with van der Waals surface area (Å²) in [5, 5.41) is 10.4. The number of H-pyrrole nitrogens is 1. The van der Waals surface area contributed by atoms with Crippen molar-refractivity contribution in [2.45, 2.75) is 102 Å². The molecule has 4 aliphatic rings. The second-order valence-electron chi connectivity index (χ2n) is 18.2. The van der Waals surface area contributed by atoms with Gasteiger partial charge >= 0.3 is 6.03 Å². The van der Waals surface area contributed by atoms with E-state index >= 15 is 0 Å². The van der Waals surface area contributed by atoms with Crippen molar-refractivity contribution in [2.24, 2.45) is 0 Å². The van der Waals surface area contributed by atoms with Gasteiger partial charge in [-0.2, -0.15) is 5.10 Å². The number of urea groups is 1. The van der Waals surface area contributed by atoms with Gasteiger partial charge in [0.2, 0.25) is 5.91 Å². The number of hydrogen-bond acceptors (Lipinski definition) is 6. The van der Waals surface area contributed by atoms with Crippen LogP contribution in [-0.2, 0) is 23.2 Å². The highest BCUT2D eigenvalue weighted by atomic mass is 16.2. The van der Waals surface area contributed by atoms with Gasteiger partial charge in [0.05, 0.1) is 12.1 Å². The molecule has 3 amide bonds. The van der Waals surface area contributed by atoms with Crippen molar-refractivity contribution in [3.05, 3.63) is 112 Å². The van der Waals surface area contributed by atoms with Crippen molar-refractivity contribution < 1.29 is 9.59 Å². The average molecular weight is 811 g/mol. The summed E-state index contributed by atoms with van der Waals surface area (Å²) in [5.41, 5.74) is 6.12. The number of piperidine rings is 2. The first kappa shape index (κ1) is 40.4. The van der Waals surface area contributed by atoms with Crippen LogP contribution in [-0.4, -0.2) is 117 Å². The minimum absolute atomic E-state index is 0.0131. The molecule has 316 valence electrons. The van der Waals surface area contributed by atoms with Gasteiger partial charge in [0, 0.05) is 79.8 Å². The Morgan fingerprint density at radius 2 is 1.55 bits per heavy atom. The van der Waals surface area contributed by atoms with E-state index in [4.69, 9.17) is 5.10 Å². The zero-order valence-electron chi connectivity index (χ0n) is 35.6. The van der Waals surface area contributed by atoms with Gasteiger partial charge in [-0.3, -0.25) is 19.2 Å². The third-order valence-corrected chi connectivity index (χ3v) is 14.5. The first-order valence-electron chi connectivity index (χ1n) is 22.7. The van der Waals surface area contributed by atoms with Crippen LogP contribution in [0, 0.1) is 6.92 Å². The van der Waals surface area contributed by atoms with Gasteiger partial charge in [-0.15, -0.1) is 0 Å². The number of rotatable bonds is 10. The maximum atomic E-state index is 14.6. The quantitative estimate of drug-likeness (QED) is 0.160. The van der Waals surface area contributed by atoms with E-state index < -0.39 is 6.04 Å². The molecule has 0 radical (unpaired) electrons. The molecule has 3 aliphatic heterocycles. The molecular weight excluding hydrogens is 749 g/mol. The number of para-hydroxylation sites is 1. The molecule has 3 aromatic carbocycles. The molecule has 2 aromatic heterocycles. The highest BCUT2D eigenvalue weighted by molar-refractivity contribution is 5.88. The van der Waals surface area contributed by atoms with E-state index in [0.29, 0.717) is 51.5 Å². The number of fused-ring (bicyclic) bond motifs is 2. The van der Waals surface area contributed by atoms with Gasteiger partial charge in [-0.1, -0.05) is 74.4 Å². The Morgan fingerprint density at radius 1 is 0.833 bits per heavy atom. The molecule has 5 heterocycles. The summed E-state index contributed by atoms with van der Waals surface area (Å²) >= 11 is 0. The smallest absolute Gasteiger partial charge is 0.318 e. The van der Waals surface area contributed by atoms with Crippen molar-refractivity contribution >= 4 is 33.7 Å². The van der Waals surface area contributed by atoms with Crippen LogP contribution in [0.25, 0.3) is 21.8 Å². The second-order valence-corrected chi connectivity index (χ2v) is 18.2. The van der Waals surface area contributed by atoms with Crippen molar-refractivity contribution in [3.8, 4) is 0 Å². The van der Waals surface area contributed by atoms with Gasteiger partial charge in [0.25, 0.3) is 5.56 Å².